The maximum atomic E-state index is 11.2. The van der Waals surface area contributed by atoms with E-state index >= 15 is 0 Å². The lowest BCUT2D eigenvalue weighted by atomic mass is 10.2. The number of aromatic nitrogens is 2. The molecule has 0 aromatic carbocycles. The van der Waals surface area contributed by atoms with Crippen molar-refractivity contribution in [2.24, 2.45) is 0 Å². The molecule has 0 aliphatic heterocycles. The van der Waals surface area contributed by atoms with E-state index in [-0.39, 0.29) is 5.91 Å². The number of amides is 1. The van der Waals surface area contributed by atoms with Gasteiger partial charge in [-0.15, -0.1) is 5.10 Å². The van der Waals surface area contributed by atoms with Gasteiger partial charge in [0, 0.05) is 12.6 Å². The highest BCUT2D eigenvalue weighted by atomic mass is 16.1. The topological polar surface area (TPSA) is 54.9 Å². The van der Waals surface area contributed by atoms with E-state index in [0.717, 1.165) is 12.8 Å². The predicted molar refractivity (Wildman–Crippen MR) is 50.2 cm³/mol. The van der Waals surface area contributed by atoms with Crippen LogP contribution in [0.5, 0.6) is 0 Å². The minimum atomic E-state index is 0.00218. The summed E-state index contributed by atoms with van der Waals surface area (Å²) in [5.74, 6) is 0.519. The van der Waals surface area contributed by atoms with Gasteiger partial charge in [0.1, 0.15) is 0 Å². The summed E-state index contributed by atoms with van der Waals surface area (Å²) < 4.78 is 0. The number of nitrogens with one attached hydrogen (secondary N) is 1. The quantitative estimate of drug-likeness (QED) is 0.763. The lowest BCUT2D eigenvalue weighted by molar-refractivity contribution is -0.116. The third-order valence-corrected chi connectivity index (χ3v) is 1.60. The van der Waals surface area contributed by atoms with Crippen LogP contribution < -0.4 is 5.32 Å². The van der Waals surface area contributed by atoms with Crippen molar-refractivity contribution in [2.75, 3.05) is 5.32 Å². The summed E-state index contributed by atoms with van der Waals surface area (Å²) >= 11 is 0. The van der Waals surface area contributed by atoms with Crippen LogP contribution in [0, 0.1) is 0 Å². The SMILES string of the molecule is CCCCC(=O)Nc1cccnn1. The van der Waals surface area contributed by atoms with Gasteiger partial charge < -0.3 is 5.32 Å². The largest absolute Gasteiger partial charge is 0.309 e. The summed E-state index contributed by atoms with van der Waals surface area (Å²) in [6.07, 6.45) is 4.05. The molecule has 0 saturated heterocycles. The number of nitrogens with zero attached hydrogens (tertiary/aromatic N) is 2. The predicted octanol–water partition coefficient (Wildman–Crippen LogP) is 1.61. The standard InChI is InChI=1S/C9H13N3O/c1-2-3-6-9(13)11-8-5-4-7-10-12-8/h4-5,7H,2-3,6H2,1H3,(H,11,12,13). The van der Waals surface area contributed by atoms with E-state index in [1.165, 1.54) is 0 Å². The summed E-state index contributed by atoms with van der Waals surface area (Å²) in [5.41, 5.74) is 0. The maximum absolute atomic E-state index is 11.2. The van der Waals surface area contributed by atoms with Gasteiger partial charge in [0.2, 0.25) is 5.91 Å². The molecular weight excluding hydrogens is 166 g/mol. The molecule has 1 N–H and O–H groups in total. The molecule has 0 radical (unpaired) electrons. The Morgan fingerprint density at radius 1 is 1.62 bits per heavy atom. The van der Waals surface area contributed by atoms with Gasteiger partial charge in [-0.3, -0.25) is 4.79 Å². The fourth-order valence-corrected chi connectivity index (χ4v) is 0.911. The van der Waals surface area contributed by atoms with Crippen molar-refractivity contribution in [1.82, 2.24) is 10.2 Å². The van der Waals surface area contributed by atoms with Gasteiger partial charge in [0.05, 0.1) is 0 Å². The van der Waals surface area contributed by atoms with E-state index in [1.54, 1.807) is 18.3 Å². The summed E-state index contributed by atoms with van der Waals surface area (Å²) in [6, 6.07) is 3.46. The molecule has 1 aromatic rings. The van der Waals surface area contributed by atoms with E-state index in [2.05, 4.69) is 22.4 Å². The Morgan fingerprint density at radius 3 is 3.08 bits per heavy atom. The van der Waals surface area contributed by atoms with Gasteiger partial charge in [0.25, 0.3) is 0 Å². The highest BCUT2D eigenvalue weighted by molar-refractivity contribution is 5.89. The zero-order valence-electron chi connectivity index (χ0n) is 7.66. The zero-order chi connectivity index (χ0) is 9.52. The first kappa shape index (κ1) is 9.64. The van der Waals surface area contributed by atoms with Crippen LogP contribution in [0.4, 0.5) is 5.82 Å². The zero-order valence-corrected chi connectivity index (χ0v) is 7.66. The number of rotatable bonds is 4. The Balaban J connectivity index is 2.37. The minimum Gasteiger partial charge on any atom is -0.309 e. The normalized spacial score (nSPS) is 9.62. The third-order valence-electron chi connectivity index (χ3n) is 1.60. The smallest absolute Gasteiger partial charge is 0.225 e. The Hall–Kier alpha value is -1.45. The second kappa shape index (κ2) is 5.24. The van der Waals surface area contributed by atoms with Crippen molar-refractivity contribution in [2.45, 2.75) is 26.2 Å². The molecule has 0 bridgehead atoms. The van der Waals surface area contributed by atoms with Crippen LogP contribution in [0.3, 0.4) is 0 Å². The molecule has 0 aliphatic rings. The van der Waals surface area contributed by atoms with Crippen molar-refractivity contribution in [3.63, 3.8) is 0 Å². The molecule has 4 heteroatoms. The fourth-order valence-electron chi connectivity index (χ4n) is 0.911. The van der Waals surface area contributed by atoms with E-state index < -0.39 is 0 Å². The minimum absolute atomic E-state index is 0.00218. The molecule has 70 valence electrons. The summed E-state index contributed by atoms with van der Waals surface area (Å²) in [5, 5.41) is 10.1. The van der Waals surface area contributed by atoms with Gasteiger partial charge in [-0.1, -0.05) is 13.3 Å². The van der Waals surface area contributed by atoms with Crippen LogP contribution in [0.15, 0.2) is 18.3 Å². The van der Waals surface area contributed by atoms with Crippen LogP contribution in [0.1, 0.15) is 26.2 Å². The lowest BCUT2D eigenvalue weighted by Crippen LogP contribution is -2.12. The Morgan fingerprint density at radius 2 is 2.46 bits per heavy atom. The van der Waals surface area contributed by atoms with Crippen molar-refractivity contribution in [3.05, 3.63) is 18.3 Å². The summed E-state index contributed by atoms with van der Waals surface area (Å²) in [7, 11) is 0. The summed E-state index contributed by atoms with van der Waals surface area (Å²) in [4.78, 5) is 11.2. The maximum Gasteiger partial charge on any atom is 0.225 e. The monoisotopic (exact) mass is 179 g/mol. The fraction of sp³-hybridized carbons (Fsp3) is 0.444. The number of carbonyl (C=O) groups excluding carboxylic acids is 1. The number of anilines is 1. The van der Waals surface area contributed by atoms with E-state index in [4.69, 9.17) is 0 Å². The molecule has 0 atom stereocenters. The third kappa shape index (κ3) is 3.64. The molecule has 0 fully saturated rings. The average Bonchev–Trinajstić information content (AvgIpc) is 2.16. The van der Waals surface area contributed by atoms with Crippen LogP contribution in [-0.2, 0) is 4.79 Å². The second-order valence-electron chi connectivity index (χ2n) is 2.76. The van der Waals surface area contributed by atoms with E-state index in [1.807, 2.05) is 0 Å². The van der Waals surface area contributed by atoms with Crippen LogP contribution in [0.2, 0.25) is 0 Å². The van der Waals surface area contributed by atoms with E-state index in [0.29, 0.717) is 12.2 Å². The summed E-state index contributed by atoms with van der Waals surface area (Å²) in [6.45, 7) is 2.05. The lowest BCUT2D eigenvalue weighted by Gasteiger charge is -2.01. The van der Waals surface area contributed by atoms with Crippen molar-refractivity contribution in [1.29, 1.82) is 0 Å². The molecule has 0 saturated carbocycles. The van der Waals surface area contributed by atoms with Crippen LogP contribution in [0.25, 0.3) is 0 Å². The van der Waals surface area contributed by atoms with Gasteiger partial charge in [0.15, 0.2) is 5.82 Å². The molecule has 1 rings (SSSR count). The average molecular weight is 179 g/mol. The Labute approximate surface area is 77.4 Å². The van der Waals surface area contributed by atoms with Gasteiger partial charge in [-0.25, -0.2) is 0 Å². The molecule has 0 spiro atoms. The number of hydrogen-bond acceptors (Lipinski definition) is 3. The number of hydrogen-bond donors (Lipinski definition) is 1. The number of carbonyl (C=O) groups is 1. The molecule has 0 aliphatic carbocycles. The van der Waals surface area contributed by atoms with Crippen molar-refractivity contribution < 1.29 is 4.79 Å². The van der Waals surface area contributed by atoms with Gasteiger partial charge in [-0.2, -0.15) is 5.10 Å². The Kier molecular flexibility index (Phi) is 3.88. The molecule has 0 unspecified atom stereocenters. The van der Waals surface area contributed by atoms with E-state index in [9.17, 15) is 4.79 Å². The molecule has 1 aromatic heterocycles. The first-order chi connectivity index (χ1) is 6.33. The Bertz CT molecular complexity index is 261. The van der Waals surface area contributed by atoms with Crippen molar-refractivity contribution in [3.8, 4) is 0 Å². The molecule has 1 amide bonds. The first-order valence-corrected chi connectivity index (χ1v) is 4.40. The highest BCUT2D eigenvalue weighted by Crippen LogP contribution is 2.01. The molecule has 1 heterocycles. The van der Waals surface area contributed by atoms with Crippen LogP contribution >= 0.6 is 0 Å². The van der Waals surface area contributed by atoms with Crippen LogP contribution in [-0.4, -0.2) is 16.1 Å². The molecule has 4 nitrogen and oxygen atoms in total. The second-order valence-corrected chi connectivity index (χ2v) is 2.76. The van der Waals surface area contributed by atoms with Crippen molar-refractivity contribution >= 4 is 11.7 Å². The first-order valence-electron chi connectivity index (χ1n) is 4.40. The van der Waals surface area contributed by atoms with Gasteiger partial charge >= 0.3 is 0 Å². The van der Waals surface area contributed by atoms with Gasteiger partial charge in [-0.05, 0) is 18.6 Å². The highest BCUT2D eigenvalue weighted by Gasteiger charge is 2.01. The number of unbranched alkanes of at least 4 members (excludes halogenated alkanes) is 1. The molecule has 13 heavy (non-hydrogen) atoms. The molecular formula is C9H13N3O.